The molecule has 18 heavy (non-hydrogen) atoms. The average Bonchev–Trinajstić information content (AvgIpc) is 2.40. The summed E-state index contributed by atoms with van der Waals surface area (Å²) in [5.74, 6) is 6.12. The molecule has 2 rings (SSSR count). The number of halogens is 1. The van der Waals surface area contributed by atoms with Gasteiger partial charge in [0, 0.05) is 18.8 Å². The van der Waals surface area contributed by atoms with Gasteiger partial charge in [0.15, 0.2) is 0 Å². The third-order valence-corrected chi connectivity index (χ3v) is 2.57. The molecule has 0 radical (unpaired) electrons. The third kappa shape index (κ3) is 3.28. The van der Waals surface area contributed by atoms with Gasteiger partial charge in [0.25, 0.3) is 0 Å². The Balaban J connectivity index is 2.05. The smallest absolute Gasteiger partial charge is 0.0994 e. The minimum atomic E-state index is 0.636. The van der Waals surface area contributed by atoms with Crippen LogP contribution >= 0.6 is 11.6 Å². The molecule has 0 unspecified atom stereocenters. The van der Waals surface area contributed by atoms with Crippen molar-refractivity contribution in [2.75, 3.05) is 6.54 Å². The summed E-state index contributed by atoms with van der Waals surface area (Å²) in [5.41, 5.74) is 5.04. The van der Waals surface area contributed by atoms with Crippen LogP contribution in [0.5, 0.6) is 0 Å². The molecular formula is C14H14ClN3. The minimum absolute atomic E-state index is 0.636. The molecule has 0 bridgehead atoms. The molecule has 92 valence electrons. The number of hydrogen-bond acceptors (Lipinski definition) is 3. The van der Waals surface area contributed by atoms with E-state index in [0.717, 1.165) is 17.8 Å². The Hall–Kier alpha value is -1.92. The number of hydrazine groups is 1. The number of hydrogen-bond donors (Lipinski definition) is 1. The van der Waals surface area contributed by atoms with E-state index >= 15 is 0 Å². The molecule has 0 saturated carbocycles. The zero-order valence-electron chi connectivity index (χ0n) is 10.2. The Bertz CT molecular complexity index is 520. The van der Waals surface area contributed by atoms with Crippen molar-refractivity contribution in [3.05, 3.63) is 47.4 Å². The van der Waals surface area contributed by atoms with Gasteiger partial charge in [0.05, 0.1) is 23.0 Å². The first-order valence-electron chi connectivity index (χ1n) is 5.79. The number of rotatable bonds is 2. The Labute approximate surface area is 112 Å². The summed E-state index contributed by atoms with van der Waals surface area (Å²) in [6.45, 7) is 2.69. The number of pyridine rings is 1. The van der Waals surface area contributed by atoms with Crippen molar-refractivity contribution in [3.8, 4) is 11.8 Å². The van der Waals surface area contributed by atoms with E-state index in [4.69, 9.17) is 11.6 Å². The van der Waals surface area contributed by atoms with Crippen LogP contribution in [0, 0.1) is 11.8 Å². The zero-order chi connectivity index (χ0) is 12.8. The molecule has 2 heterocycles. The molecule has 1 aliphatic rings. The predicted molar refractivity (Wildman–Crippen MR) is 74.3 cm³/mol. The van der Waals surface area contributed by atoms with E-state index in [-0.39, 0.29) is 0 Å². The molecule has 1 aromatic rings. The van der Waals surface area contributed by atoms with Gasteiger partial charge in [-0.3, -0.25) is 15.4 Å². The molecule has 0 atom stereocenters. The first-order valence-corrected chi connectivity index (χ1v) is 6.17. The lowest BCUT2D eigenvalue weighted by Crippen LogP contribution is -2.34. The van der Waals surface area contributed by atoms with E-state index in [9.17, 15) is 0 Å². The van der Waals surface area contributed by atoms with Crippen molar-refractivity contribution < 1.29 is 0 Å². The molecule has 0 saturated heterocycles. The largest absolute Gasteiger partial charge is 0.296 e. The summed E-state index contributed by atoms with van der Waals surface area (Å²) in [6, 6.07) is 3.71. The molecular weight excluding hydrogens is 246 g/mol. The first-order chi connectivity index (χ1) is 8.79. The summed E-state index contributed by atoms with van der Waals surface area (Å²) in [6.07, 6.45) is 8.40. The third-order valence-electron chi connectivity index (χ3n) is 2.35. The van der Waals surface area contributed by atoms with Crippen LogP contribution in [0.3, 0.4) is 0 Å². The zero-order valence-corrected chi connectivity index (χ0v) is 10.9. The number of aromatic nitrogens is 1. The van der Waals surface area contributed by atoms with Crippen LogP contribution in [0.2, 0.25) is 5.02 Å². The first kappa shape index (κ1) is 12.5. The maximum absolute atomic E-state index is 5.82. The van der Waals surface area contributed by atoms with Gasteiger partial charge in [0.1, 0.15) is 0 Å². The molecule has 3 nitrogen and oxygen atoms in total. The van der Waals surface area contributed by atoms with E-state index in [1.165, 1.54) is 0 Å². The van der Waals surface area contributed by atoms with E-state index in [2.05, 4.69) is 22.3 Å². The monoisotopic (exact) mass is 259 g/mol. The van der Waals surface area contributed by atoms with E-state index in [0.29, 0.717) is 11.6 Å². The van der Waals surface area contributed by atoms with Crippen LogP contribution in [0.4, 0.5) is 0 Å². The standard InChI is InChI=1S/C14H14ClN3/c1-2-3-4-9-18-10-5-6-14(17-18)13-8-7-12(15)11-16-13/h5-8,10-11,17H,2,9H2,1H3. The average molecular weight is 260 g/mol. The van der Waals surface area contributed by atoms with Crippen LogP contribution in [0.25, 0.3) is 5.70 Å². The summed E-state index contributed by atoms with van der Waals surface area (Å²) in [4.78, 5) is 4.27. The van der Waals surface area contributed by atoms with Crippen LogP contribution in [0.15, 0.2) is 36.7 Å². The van der Waals surface area contributed by atoms with E-state index < -0.39 is 0 Å². The molecule has 0 aliphatic carbocycles. The summed E-state index contributed by atoms with van der Waals surface area (Å²) < 4.78 is 0. The van der Waals surface area contributed by atoms with Crippen LogP contribution in [-0.2, 0) is 0 Å². The Kier molecular flexibility index (Phi) is 4.27. The molecule has 1 aromatic heterocycles. The fraction of sp³-hybridized carbons (Fsp3) is 0.214. The molecule has 4 heteroatoms. The van der Waals surface area contributed by atoms with Crippen LogP contribution in [0.1, 0.15) is 19.0 Å². The maximum atomic E-state index is 5.82. The maximum Gasteiger partial charge on any atom is 0.0994 e. The van der Waals surface area contributed by atoms with Gasteiger partial charge in [0.2, 0.25) is 0 Å². The topological polar surface area (TPSA) is 28.2 Å². The highest BCUT2D eigenvalue weighted by atomic mass is 35.5. The van der Waals surface area contributed by atoms with Crippen LogP contribution in [-0.4, -0.2) is 16.5 Å². The lowest BCUT2D eigenvalue weighted by Gasteiger charge is -2.24. The van der Waals surface area contributed by atoms with Gasteiger partial charge in [-0.25, -0.2) is 0 Å². The van der Waals surface area contributed by atoms with Crippen LogP contribution < -0.4 is 5.43 Å². The number of nitrogens with one attached hydrogen (secondary N) is 1. The van der Waals surface area contributed by atoms with Crippen molar-refractivity contribution in [3.63, 3.8) is 0 Å². The fourth-order valence-corrected chi connectivity index (χ4v) is 1.62. The van der Waals surface area contributed by atoms with Crippen molar-refractivity contribution in [1.82, 2.24) is 15.4 Å². The van der Waals surface area contributed by atoms with Gasteiger partial charge in [-0.1, -0.05) is 24.4 Å². The lowest BCUT2D eigenvalue weighted by atomic mass is 10.2. The minimum Gasteiger partial charge on any atom is -0.296 e. The van der Waals surface area contributed by atoms with Crippen molar-refractivity contribution in [1.29, 1.82) is 0 Å². The van der Waals surface area contributed by atoms with Gasteiger partial charge in [-0.15, -0.1) is 5.92 Å². The number of nitrogens with zero attached hydrogens (tertiary/aromatic N) is 2. The van der Waals surface area contributed by atoms with E-state index in [1.54, 1.807) is 6.20 Å². The Morgan fingerprint density at radius 3 is 3.00 bits per heavy atom. The molecule has 1 N–H and O–H groups in total. The summed E-state index contributed by atoms with van der Waals surface area (Å²) in [7, 11) is 0. The molecule has 0 amide bonds. The predicted octanol–water partition coefficient (Wildman–Crippen LogP) is 2.82. The quantitative estimate of drug-likeness (QED) is 0.828. The van der Waals surface area contributed by atoms with Crippen molar-refractivity contribution >= 4 is 17.3 Å². The second-order valence-electron chi connectivity index (χ2n) is 3.73. The SMILES string of the molecule is CCC#CCN1C=CC=C(c2ccc(Cl)cn2)N1. The Morgan fingerprint density at radius 2 is 2.28 bits per heavy atom. The van der Waals surface area contributed by atoms with Crippen molar-refractivity contribution in [2.24, 2.45) is 0 Å². The fourth-order valence-electron chi connectivity index (χ4n) is 1.51. The highest BCUT2D eigenvalue weighted by molar-refractivity contribution is 6.30. The highest BCUT2D eigenvalue weighted by Crippen LogP contribution is 2.15. The van der Waals surface area contributed by atoms with Gasteiger partial charge < -0.3 is 0 Å². The van der Waals surface area contributed by atoms with Gasteiger partial charge >= 0.3 is 0 Å². The van der Waals surface area contributed by atoms with Crippen molar-refractivity contribution in [2.45, 2.75) is 13.3 Å². The molecule has 0 fully saturated rings. The molecule has 0 spiro atoms. The number of allylic oxidation sites excluding steroid dienone is 2. The normalized spacial score (nSPS) is 13.4. The van der Waals surface area contributed by atoms with E-state index in [1.807, 2.05) is 42.4 Å². The molecule has 1 aliphatic heterocycles. The van der Waals surface area contributed by atoms with Gasteiger partial charge in [-0.2, -0.15) is 0 Å². The summed E-state index contributed by atoms with van der Waals surface area (Å²) in [5, 5.41) is 2.56. The Morgan fingerprint density at radius 1 is 1.39 bits per heavy atom. The summed E-state index contributed by atoms with van der Waals surface area (Å²) >= 11 is 5.82. The lowest BCUT2D eigenvalue weighted by molar-refractivity contribution is 0.361. The second-order valence-corrected chi connectivity index (χ2v) is 4.17. The highest BCUT2D eigenvalue weighted by Gasteiger charge is 2.08. The second kappa shape index (κ2) is 6.13. The van der Waals surface area contributed by atoms with Gasteiger partial charge in [-0.05, 0) is 24.3 Å². The molecule has 0 aromatic carbocycles.